The summed E-state index contributed by atoms with van der Waals surface area (Å²) in [4.78, 5) is 53.4. The van der Waals surface area contributed by atoms with Crippen LogP contribution in [-0.4, -0.2) is 112 Å². The van der Waals surface area contributed by atoms with Gasteiger partial charge in [-0.25, -0.2) is 23.1 Å². The maximum Gasteiger partial charge on any atom is 0.252 e. The zero-order valence-electron chi connectivity index (χ0n) is 38.4. The molecule has 2 aliphatic heterocycles. The molecular formula is C51H51F3N12O2S. The number of halogens is 3. The van der Waals surface area contributed by atoms with Crippen molar-refractivity contribution in [3.05, 3.63) is 171 Å². The van der Waals surface area contributed by atoms with Gasteiger partial charge in [0, 0.05) is 126 Å². The van der Waals surface area contributed by atoms with Crippen molar-refractivity contribution >= 4 is 68.5 Å². The summed E-state index contributed by atoms with van der Waals surface area (Å²) in [6, 6.07) is 30.9. The molecule has 354 valence electrons. The van der Waals surface area contributed by atoms with Gasteiger partial charge < -0.3 is 30.2 Å². The predicted molar refractivity (Wildman–Crippen MR) is 269 cm³/mol. The van der Waals surface area contributed by atoms with E-state index in [9.17, 15) is 22.8 Å². The summed E-state index contributed by atoms with van der Waals surface area (Å²) >= 11 is 1.45. The number of nitrogens with one attached hydrogen (secondary N) is 2. The Bertz CT molecular complexity index is 3190. The smallest absolute Gasteiger partial charge is 0.252 e. The van der Waals surface area contributed by atoms with Gasteiger partial charge in [-0.1, -0.05) is 12.1 Å². The lowest BCUT2D eigenvalue weighted by molar-refractivity contribution is 0.313. The van der Waals surface area contributed by atoms with Crippen molar-refractivity contribution < 1.29 is 13.2 Å². The molecule has 18 heteroatoms. The summed E-state index contributed by atoms with van der Waals surface area (Å²) in [5.74, 6) is -1.10. The molecule has 2 fully saturated rings. The first-order valence-corrected chi connectivity index (χ1v) is 23.8. The average Bonchev–Trinajstić information content (AvgIpc) is 3.36. The van der Waals surface area contributed by atoms with Gasteiger partial charge in [0.15, 0.2) is 0 Å². The first-order chi connectivity index (χ1) is 33.5. The van der Waals surface area contributed by atoms with Crippen LogP contribution in [0.1, 0.15) is 11.1 Å². The van der Waals surface area contributed by atoms with Crippen LogP contribution >= 0.6 is 11.8 Å². The number of pyridine rings is 2. The van der Waals surface area contributed by atoms with Crippen LogP contribution in [-0.2, 0) is 13.1 Å². The molecule has 2 aliphatic rings. The fraction of sp³-hybridized carbons (Fsp3) is 0.255. The summed E-state index contributed by atoms with van der Waals surface area (Å²) in [6.07, 6.45) is 5.15. The number of benzene rings is 4. The zero-order chi connectivity index (χ0) is 48.0. The second-order valence-electron chi connectivity index (χ2n) is 17.0. The fourth-order valence-electron chi connectivity index (χ4n) is 8.35. The van der Waals surface area contributed by atoms with E-state index < -0.39 is 17.2 Å². The van der Waals surface area contributed by atoms with Gasteiger partial charge in [0.25, 0.3) is 11.1 Å². The minimum absolute atomic E-state index is 0.0925. The molecule has 0 aliphatic carbocycles. The molecule has 0 bridgehead atoms. The number of hydrogen-bond donors (Lipinski definition) is 2. The van der Waals surface area contributed by atoms with E-state index in [2.05, 4.69) is 76.4 Å². The molecule has 0 amide bonds. The third-order valence-corrected chi connectivity index (χ3v) is 13.2. The van der Waals surface area contributed by atoms with E-state index in [0.717, 1.165) is 74.3 Å². The molecule has 0 saturated carbocycles. The van der Waals surface area contributed by atoms with Gasteiger partial charge in [-0.2, -0.15) is 9.97 Å². The van der Waals surface area contributed by atoms with Crippen LogP contribution in [0.5, 0.6) is 0 Å². The number of fused-ring (bicyclic) bond motifs is 2. The zero-order valence-corrected chi connectivity index (χ0v) is 39.3. The summed E-state index contributed by atoms with van der Waals surface area (Å²) < 4.78 is 45.8. The van der Waals surface area contributed by atoms with Crippen molar-refractivity contribution in [3.63, 3.8) is 0 Å². The molecule has 4 aromatic heterocycles. The van der Waals surface area contributed by atoms with Gasteiger partial charge in [0.05, 0.1) is 13.1 Å². The topological polar surface area (TPSA) is 133 Å². The molecule has 14 nitrogen and oxygen atoms in total. The van der Waals surface area contributed by atoms with Gasteiger partial charge in [-0.05, 0) is 105 Å². The lowest BCUT2D eigenvalue weighted by Crippen LogP contribution is -2.44. The number of piperazine rings is 2. The summed E-state index contributed by atoms with van der Waals surface area (Å²) in [6.45, 7) is 7.97. The third kappa shape index (κ3) is 10.9. The summed E-state index contributed by atoms with van der Waals surface area (Å²) in [5.41, 5.74) is 4.37. The molecule has 10 rings (SSSR count). The second-order valence-corrected chi connectivity index (χ2v) is 17.9. The highest BCUT2D eigenvalue weighted by atomic mass is 32.2. The lowest BCUT2D eigenvalue weighted by atomic mass is 10.2. The van der Waals surface area contributed by atoms with Crippen LogP contribution < -0.4 is 31.6 Å². The van der Waals surface area contributed by atoms with Crippen molar-refractivity contribution in [1.82, 2.24) is 38.9 Å². The Kier molecular flexibility index (Phi) is 14.2. The summed E-state index contributed by atoms with van der Waals surface area (Å²) in [5, 5.41) is 7.69. The van der Waals surface area contributed by atoms with Crippen LogP contribution in [0.15, 0.2) is 136 Å². The first kappa shape index (κ1) is 46.8. The number of anilines is 6. The van der Waals surface area contributed by atoms with E-state index in [-0.39, 0.29) is 36.0 Å². The number of hydrogen-bond acceptors (Lipinski definition) is 13. The molecule has 2 N–H and O–H groups in total. The number of thioether (sulfide) groups is 1. The Hall–Kier alpha value is -7.28. The normalized spacial score (nSPS) is 14.5. The van der Waals surface area contributed by atoms with Gasteiger partial charge in [0.1, 0.15) is 28.7 Å². The van der Waals surface area contributed by atoms with Gasteiger partial charge in [-0.3, -0.25) is 18.7 Å². The maximum atomic E-state index is 14.6. The SMILES string of the molecule is CN1CCN(c2ccc(Nc3ncc4ccc(=O)n(Cc5c(F)cccc5F)c4n3)cc2)CC1.CSc1cccc(F)c1Cn1c(=O)ccc2cnc(Nc3ccc(N4CCN(C)CC4)cc3)nc21. The Morgan fingerprint density at radius 3 is 1.36 bits per heavy atom. The van der Waals surface area contributed by atoms with E-state index in [1.165, 1.54) is 63.0 Å². The number of likely N-dealkylation sites (N-methyl/N-ethyl adjacent to an activating group) is 2. The second kappa shape index (κ2) is 20.9. The van der Waals surface area contributed by atoms with Crippen molar-refractivity contribution in [1.29, 1.82) is 0 Å². The van der Waals surface area contributed by atoms with Crippen LogP contribution in [0.3, 0.4) is 0 Å². The highest BCUT2D eigenvalue weighted by Crippen LogP contribution is 2.27. The number of rotatable bonds is 11. The molecule has 0 unspecified atom stereocenters. The Morgan fingerprint density at radius 2 is 0.928 bits per heavy atom. The quantitative estimate of drug-likeness (QED) is 0.122. The van der Waals surface area contributed by atoms with Gasteiger partial charge >= 0.3 is 0 Å². The van der Waals surface area contributed by atoms with Crippen LogP contribution in [0.25, 0.3) is 22.1 Å². The van der Waals surface area contributed by atoms with Gasteiger partial charge in [-0.15, -0.1) is 11.8 Å². The van der Waals surface area contributed by atoms with Crippen molar-refractivity contribution in [3.8, 4) is 0 Å². The molecule has 8 aromatic rings. The van der Waals surface area contributed by atoms with E-state index in [4.69, 9.17) is 0 Å². The lowest BCUT2D eigenvalue weighted by Gasteiger charge is -2.34. The monoisotopic (exact) mass is 952 g/mol. The molecule has 0 spiro atoms. The highest BCUT2D eigenvalue weighted by molar-refractivity contribution is 7.98. The maximum absolute atomic E-state index is 14.6. The molecule has 4 aromatic carbocycles. The molecule has 69 heavy (non-hydrogen) atoms. The minimum atomic E-state index is -0.711. The molecule has 2 saturated heterocycles. The third-order valence-electron chi connectivity index (χ3n) is 12.4. The van der Waals surface area contributed by atoms with E-state index >= 15 is 0 Å². The largest absolute Gasteiger partial charge is 0.369 e. The average molecular weight is 953 g/mol. The molecular weight excluding hydrogens is 902 g/mol. The van der Waals surface area contributed by atoms with E-state index in [1.807, 2.05) is 48.7 Å². The Balaban J connectivity index is 0.000000172. The highest BCUT2D eigenvalue weighted by Gasteiger charge is 2.18. The fourth-order valence-corrected chi connectivity index (χ4v) is 8.97. The Morgan fingerprint density at radius 1 is 0.522 bits per heavy atom. The Labute approximate surface area is 401 Å². The van der Waals surface area contributed by atoms with Crippen LogP contribution in [0.4, 0.5) is 47.8 Å². The van der Waals surface area contributed by atoms with Gasteiger partial charge in [0.2, 0.25) is 11.9 Å². The predicted octanol–water partition coefficient (Wildman–Crippen LogP) is 7.81. The molecule has 6 heterocycles. The van der Waals surface area contributed by atoms with Crippen LogP contribution in [0.2, 0.25) is 0 Å². The van der Waals surface area contributed by atoms with Crippen molar-refractivity contribution in [2.24, 2.45) is 0 Å². The van der Waals surface area contributed by atoms with Crippen LogP contribution in [0, 0.1) is 17.5 Å². The minimum Gasteiger partial charge on any atom is -0.369 e. The molecule has 0 radical (unpaired) electrons. The molecule has 0 atom stereocenters. The first-order valence-electron chi connectivity index (χ1n) is 22.6. The number of nitrogens with zero attached hydrogens (tertiary/aromatic N) is 10. The van der Waals surface area contributed by atoms with Crippen molar-refractivity contribution in [2.45, 2.75) is 18.0 Å². The number of aromatic nitrogens is 6. The van der Waals surface area contributed by atoms with E-state index in [0.29, 0.717) is 33.6 Å². The standard InChI is InChI=1S/C26H27FN6OS.C25H24F2N6O/c1-31-12-14-32(15-13-31)20-9-7-19(8-10-20)29-26-28-16-18-6-11-24(34)33(25(18)30-26)17-21-22(27)4-3-5-23(21)35-2;1-31-11-13-32(14-12-31)19-8-6-18(7-9-19)29-25-28-15-17-5-10-23(34)33(24(17)30-25)16-20-21(26)3-2-4-22(20)27/h3-11,16H,12-15,17H2,1-2H3,(H,28,29,30);2-10,15H,11-14,16H2,1H3,(H,28,29,30). The van der Waals surface area contributed by atoms with E-state index in [1.54, 1.807) is 30.6 Å². The summed E-state index contributed by atoms with van der Waals surface area (Å²) in [7, 11) is 4.27. The van der Waals surface area contributed by atoms with Crippen molar-refractivity contribution in [2.75, 3.05) is 93.1 Å².